The summed E-state index contributed by atoms with van der Waals surface area (Å²) < 4.78 is 11.0. The van der Waals surface area contributed by atoms with Gasteiger partial charge in [-0.2, -0.15) is 0 Å². The van der Waals surface area contributed by atoms with Crippen molar-refractivity contribution in [3.05, 3.63) is 64.7 Å². The average Bonchev–Trinajstić information content (AvgIpc) is 2.72. The van der Waals surface area contributed by atoms with Gasteiger partial charge in [-0.25, -0.2) is 4.79 Å². The highest BCUT2D eigenvalue weighted by molar-refractivity contribution is 5.89. The lowest BCUT2D eigenvalue weighted by Gasteiger charge is -2.43. The molecule has 136 valence electrons. The molecule has 0 aliphatic carbocycles. The predicted molar refractivity (Wildman–Crippen MR) is 101 cm³/mol. The highest BCUT2D eigenvalue weighted by Crippen LogP contribution is 2.49. The molecule has 2 aliphatic rings. The van der Waals surface area contributed by atoms with Crippen molar-refractivity contribution in [1.29, 1.82) is 0 Å². The Balaban J connectivity index is 1.69. The molecule has 0 radical (unpaired) electrons. The largest absolute Gasteiger partial charge is 0.465 e. The van der Waals surface area contributed by atoms with Gasteiger partial charge in [0.05, 0.1) is 24.8 Å². The zero-order chi connectivity index (χ0) is 18.1. The van der Waals surface area contributed by atoms with Crippen LogP contribution in [0.15, 0.2) is 42.5 Å². The number of esters is 1. The molecule has 2 aromatic rings. The van der Waals surface area contributed by atoms with Crippen LogP contribution in [0.3, 0.4) is 0 Å². The van der Waals surface area contributed by atoms with Crippen LogP contribution in [0.5, 0.6) is 0 Å². The number of carbonyl (C=O) groups excluding carboxylic acids is 1. The fraction of sp³-hybridized carbons (Fsp3) is 0.409. The van der Waals surface area contributed by atoms with Gasteiger partial charge in [-0.3, -0.25) is 0 Å². The fourth-order valence-electron chi connectivity index (χ4n) is 4.21. The third-order valence-electron chi connectivity index (χ3n) is 5.63. The van der Waals surface area contributed by atoms with Crippen LogP contribution in [-0.4, -0.2) is 19.7 Å². The number of fused-ring (bicyclic) bond motifs is 3. The van der Waals surface area contributed by atoms with E-state index in [0.717, 1.165) is 31.6 Å². The van der Waals surface area contributed by atoms with Crippen LogP contribution in [-0.2, 0) is 15.9 Å². The number of methoxy groups -OCH3 is 1. The van der Waals surface area contributed by atoms with Gasteiger partial charge in [0.1, 0.15) is 0 Å². The number of benzene rings is 2. The number of carbonyl (C=O) groups is 1. The number of hydrogen-bond acceptors (Lipinski definition) is 4. The summed E-state index contributed by atoms with van der Waals surface area (Å²) in [7, 11) is 1.41. The van der Waals surface area contributed by atoms with Gasteiger partial charge < -0.3 is 14.8 Å². The highest BCUT2D eigenvalue weighted by atomic mass is 16.5. The Morgan fingerprint density at radius 3 is 2.77 bits per heavy atom. The van der Waals surface area contributed by atoms with E-state index in [0.29, 0.717) is 11.5 Å². The summed E-state index contributed by atoms with van der Waals surface area (Å²) in [4.78, 5) is 11.7. The van der Waals surface area contributed by atoms with Crippen molar-refractivity contribution >= 4 is 11.7 Å². The maximum absolute atomic E-state index is 11.7. The van der Waals surface area contributed by atoms with Crippen molar-refractivity contribution in [2.24, 2.45) is 5.92 Å². The summed E-state index contributed by atoms with van der Waals surface area (Å²) in [5, 5.41) is 3.73. The van der Waals surface area contributed by atoms with Crippen LogP contribution in [0.4, 0.5) is 5.69 Å². The molecule has 1 saturated heterocycles. The Kier molecular flexibility index (Phi) is 4.68. The second-order valence-corrected chi connectivity index (χ2v) is 7.11. The Morgan fingerprint density at radius 2 is 2.04 bits per heavy atom. The summed E-state index contributed by atoms with van der Waals surface area (Å²) in [6.07, 6.45) is 3.39. The van der Waals surface area contributed by atoms with E-state index < -0.39 is 0 Å². The SMILES string of the molecule is CCc1ccc2c(c1)[C@@H]1OCCC[C@@H]1[C@H](c1ccc(C(=O)OC)cc1)N2. The fourth-order valence-corrected chi connectivity index (χ4v) is 4.21. The van der Waals surface area contributed by atoms with Crippen molar-refractivity contribution in [1.82, 2.24) is 0 Å². The number of aryl methyl sites for hydroxylation is 1. The Labute approximate surface area is 154 Å². The second kappa shape index (κ2) is 7.12. The number of nitrogens with one attached hydrogen (secondary N) is 1. The summed E-state index contributed by atoms with van der Waals surface area (Å²) in [5.41, 5.74) is 5.56. The van der Waals surface area contributed by atoms with Gasteiger partial charge in [-0.1, -0.05) is 31.2 Å². The Morgan fingerprint density at radius 1 is 1.23 bits per heavy atom. The van der Waals surface area contributed by atoms with Crippen molar-refractivity contribution < 1.29 is 14.3 Å². The lowest BCUT2D eigenvalue weighted by molar-refractivity contribution is -0.0381. The van der Waals surface area contributed by atoms with E-state index in [1.807, 2.05) is 24.3 Å². The first-order valence-electron chi connectivity index (χ1n) is 9.40. The minimum Gasteiger partial charge on any atom is -0.465 e. The van der Waals surface area contributed by atoms with Crippen molar-refractivity contribution in [3.8, 4) is 0 Å². The van der Waals surface area contributed by atoms with Crippen molar-refractivity contribution in [2.45, 2.75) is 38.3 Å². The summed E-state index contributed by atoms with van der Waals surface area (Å²) in [5.74, 6) is 0.0943. The molecule has 26 heavy (non-hydrogen) atoms. The number of hydrogen-bond donors (Lipinski definition) is 1. The maximum atomic E-state index is 11.7. The van der Waals surface area contributed by atoms with Gasteiger partial charge in [-0.05, 0) is 48.6 Å². The summed E-state index contributed by atoms with van der Waals surface area (Å²) in [6.45, 7) is 3.01. The molecule has 1 N–H and O–H groups in total. The van der Waals surface area contributed by atoms with Gasteiger partial charge >= 0.3 is 5.97 Å². The Bertz CT molecular complexity index is 800. The molecule has 0 spiro atoms. The molecular formula is C22H25NO3. The smallest absolute Gasteiger partial charge is 0.337 e. The van der Waals surface area contributed by atoms with Crippen molar-refractivity contribution in [2.75, 3.05) is 19.0 Å². The lowest BCUT2D eigenvalue weighted by atomic mass is 9.77. The molecule has 2 aromatic carbocycles. The minimum atomic E-state index is -0.301. The molecule has 4 nitrogen and oxygen atoms in total. The average molecular weight is 351 g/mol. The van der Waals surface area contributed by atoms with E-state index in [1.165, 1.54) is 23.8 Å². The minimum absolute atomic E-state index is 0.136. The van der Waals surface area contributed by atoms with E-state index in [2.05, 4.69) is 30.4 Å². The van der Waals surface area contributed by atoms with Crippen LogP contribution in [0.1, 0.15) is 59.0 Å². The molecule has 2 aliphatic heterocycles. The topological polar surface area (TPSA) is 47.6 Å². The van der Waals surface area contributed by atoms with E-state index in [4.69, 9.17) is 9.47 Å². The second-order valence-electron chi connectivity index (χ2n) is 7.11. The van der Waals surface area contributed by atoms with E-state index >= 15 is 0 Å². The zero-order valence-electron chi connectivity index (χ0n) is 15.3. The number of ether oxygens (including phenoxy) is 2. The zero-order valence-corrected chi connectivity index (χ0v) is 15.3. The summed E-state index contributed by atoms with van der Waals surface area (Å²) >= 11 is 0. The first kappa shape index (κ1) is 17.1. The molecule has 4 heteroatoms. The molecule has 0 unspecified atom stereocenters. The third-order valence-corrected chi connectivity index (χ3v) is 5.63. The van der Waals surface area contributed by atoms with E-state index in [9.17, 15) is 4.79 Å². The third kappa shape index (κ3) is 2.99. The van der Waals surface area contributed by atoms with Gasteiger partial charge in [-0.15, -0.1) is 0 Å². The van der Waals surface area contributed by atoms with Crippen molar-refractivity contribution in [3.63, 3.8) is 0 Å². The lowest BCUT2D eigenvalue weighted by Crippen LogP contribution is -2.36. The molecule has 2 heterocycles. The summed E-state index contributed by atoms with van der Waals surface area (Å²) in [6, 6.07) is 14.6. The molecule has 0 bridgehead atoms. The first-order valence-corrected chi connectivity index (χ1v) is 9.40. The first-order chi connectivity index (χ1) is 12.7. The van der Waals surface area contributed by atoms with Gasteiger partial charge in [0.15, 0.2) is 0 Å². The normalized spacial score (nSPS) is 24.2. The van der Waals surface area contributed by atoms with E-state index in [1.54, 1.807) is 0 Å². The van der Waals surface area contributed by atoms with E-state index in [-0.39, 0.29) is 18.1 Å². The molecule has 0 aromatic heterocycles. The molecule has 0 amide bonds. The van der Waals surface area contributed by atoms with Gasteiger partial charge in [0.25, 0.3) is 0 Å². The molecule has 3 atom stereocenters. The highest BCUT2D eigenvalue weighted by Gasteiger charge is 2.39. The van der Waals surface area contributed by atoms with Gasteiger partial charge in [0.2, 0.25) is 0 Å². The van der Waals surface area contributed by atoms with Gasteiger partial charge in [0, 0.05) is 23.8 Å². The molecule has 4 rings (SSSR count). The monoisotopic (exact) mass is 351 g/mol. The molecule has 0 saturated carbocycles. The molecule has 1 fully saturated rings. The predicted octanol–water partition coefficient (Wildman–Crippen LogP) is 4.67. The van der Waals surface area contributed by atoms with Crippen LogP contribution in [0.2, 0.25) is 0 Å². The number of anilines is 1. The Hall–Kier alpha value is -2.33. The molecular weight excluding hydrogens is 326 g/mol. The van der Waals surface area contributed by atoms with Crippen LogP contribution in [0, 0.1) is 5.92 Å². The quantitative estimate of drug-likeness (QED) is 0.817. The number of rotatable bonds is 3. The van der Waals surface area contributed by atoms with Crippen LogP contribution < -0.4 is 5.32 Å². The van der Waals surface area contributed by atoms with Crippen LogP contribution in [0.25, 0.3) is 0 Å². The maximum Gasteiger partial charge on any atom is 0.337 e. The standard InChI is InChI=1S/C22H25NO3/c1-3-14-6-11-19-18(13-14)21-17(5-4-12-26-21)20(23-19)15-7-9-16(10-8-15)22(24)25-2/h6-11,13,17,20-21,23H,3-5,12H2,1-2H3/t17-,20+,21-/m1/s1. The van der Waals surface area contributed by atoms with Crippen LogP contribution >= 0.6 is 0 Å².